The molecule has 0 aliphatic carbocycles. The number of Topliss-reactive ketones (excluding diaryl/α,β-unsaturated/α-hetero) is 1. The van der Waals surface area contributed by atoms with Gasteiger partial charge in [-0.05, 0) is 26.0 Å². The van der Waals surface area contributed by atoms with E-state index in [1.807, 2.05) is 0 Å². The van der Waals surface area contributed by atoms with Gasteiger partial charge < -0.3 is 4.42 Å². The van der Waals surface area contributed by atoms with E-state index in [0.717, 1.165) is 6.07 Å². The molecule has 4 heteroatoms. The molecule has 82 valence electrons. The highest BCUT2D eigenvalue weighted by Gasteiger charge is 2.15. The molecule has 0 radical (unpaired) electrons. The molecular formula is C12H9FO3. The highest BCUT2D eigenvalue weighted by Crippen LogP contribution is 2.16. The third-order valence-electron chi connectivity index (χ3n) is 2.38. The average molecular weight is 220 g/mol. The number of fused-ring (bicyclic) bond motifs is 1. The van der Waals surface area contributed by atoms with Gasteiger partial charge in [-0.1, -0.05) is 0 Å². The van der Waals surface area contributed by atoms with Crippen LogP contribution in [0.25, 0.3) is 11.0 Å². The van der Waals surface area contributed by atoms with Crippen LogP contribution in [0.2, 0.25) is 0 Å². The summed E-state index contributed by atoms with van der Waals surface area (Å²) < 4.78 is 18.2. The van der Waals surface area contributed by atoms with Crippen LogP contribution in [-0.4, -0.2) is 5.78 Å². The fourth-order valence-corrected chi connectivity index (χ4v) is 1.69. The highest BCUT2D eigenvalue weighted by molar-refractivity contribution is 5.97. The fourth-order valence-electron chi connectivity index (χ4n) is 1.69. The minimum Gasteiger partial charge on any atom is -0.460 e. The Balaban J connectivity index is 2.95. The van der Waals surface area contributed by atoms with Crippen LogP contribution >= 0.6 is 0 Å². The molecule has 0 saturated carbocycles. The summed E-state index contributed by atoms with van der Waals surface area (Å²) in [5, 5.41) is 0.220. The fraction of sp³-hybridized carbons (Fsp3) is 0.167. The molecular weight excluding hydrogens is 211 g/mol. The van der Waals surface area contributed by atoms with Gasteiger partial charge in [0, 0.05) is 6.07 Å². The molecule has 0 bridgehead atoms. The van der Waals surface area contributed by atoms with Gasteiger partial charge in [-0.25, -0.2) is 4.39 Å². The molecule has 0 aliphatic heterocycles. The number of carbonyl (C=O) groups excluding carboxylic acids is 1. The number of rotatable bonds is 1. The molecule has 1 heterocycles. The maximum Gasteiger partial charge on any atom is 0.203 e. The lowest BCUT2D eigenvalue weighted by Gasteiger charge is -2.03. The van der Waals surface area contributed by atoms with Crippen molar-refractivity contribution in [3.05, 3.63) is 45.6 Å². The van der Waals surface area contributed by atoms with E-state index in [9.17, 15) is 14.0 Å². The summed E-state index contributed by atoms with van der Waals surface area (Å²) in [5.74, 6) is -0.612. The van der Waals surface area contributed by atoms with Gasteiger partial charge in [0.25, 0.3) is 0 Å². The molecule has 16 heavy (non-hydrogen) atoms. The normalized spacial score (nSPS) is 10.7. The van der Waals surface area contributed by atoms with E-state index >= 15 is 0 Å². The van der Waals surface area contributed by atoms with Gasteiger partial charge in [-0.15, -0.1) is 0 Å². The van der Waals surface area contributed by atoms with Crippen molar-refractivity contribution in [3.63, 3.8) is 0 Å². The lowest BCUT2D eigenvalue weighted by atomic mass is 10.1. The Hall–Kier alpha value is -1.97. The summed E-state index contributed by atoms with van der Waals surface area (Å²) >= 11 is 0. The van der Waals surface area contributed by atoms with Crippen molar-refractivity contribution in [2.45, 2.75) is 13.8 Å². The van der Waals surface area contributed by atoms with Crippen LogP contribution in [0.3, 0.4) is 0 Å². The minimum absolute atomic E-state index is 0.0270. The molecule has 0 amide bonds. The highest BCUT2D eigenvalue weighted by atomic mass is 19.1. The summed E-state index contributed by atoms with van der Waals surface area (Å²) in [7, 11) is 0. The number of aryl methyl sites for hydroxylation is 1. The van der Waals surface area contributed by atoms with Crippen LogP contribution < -0.4 is 5.43 Å². The number of carbonyl (C=O) groups is 1. The van der Waals surface area contributed by atoms with Gasteiger partial charge in [0.05, 0.1) is 5.39 Å². The van der Waals surface area contributed by atoms with Gasteiger partial charge in [-0.2, -0.15) is 0 Å². The quantitative estimate of drug-likeness (QED) is 0.693. The molecule has 0 saturated heterocycles. The molecule has 0 spiro atoms. The van der Waals surface area contributed by atoms with Gasteiger partial charge in [0.2, 0.25) is 5.43 Å². The molecule has 0 unspecified atom stereocenters. The Morgan fingerprint density at radius 2 is 2.06 bits per heavy atom. The van der Waals surface area contributed by atoms with Crippen LogP contribution in [0.15, 0.2) is 27.4 Å². The summed E-state index contributed by atoms with van der Waals surface area (Å²) in [6.45, 7) is 2.82. The largest absolute Gasteiger partial charge is 0.460 e. The van der Waals surface area contributed by atoms with E-state index < -0.39 is 11.2 Å². The van der Waals surface area contributed by atoms with E-state index in [2.05, 4.69) is 0 Å². The van der Waals surface area contributed by atoms with Gasteiger partial charge >= 0.3 is 0 Å². The zero-order chi connectivity index (χ0) is 11.9. The summed E-state index contributed by atoms with van der Waals surface area (Å²) in [4.78, 5) is 23.2. The van der Waals surface area contributed by atoms with Gasteiger partial charge in [0.15, 0.2) is 5.78 Å². The predicted molar refractivity (Wildman–Crippen MR) is 57.2 cm³/mol. The lowest BCUT2D eigenvalue weighted by molar-refractivity contribution is 0.101. The number of hydrogen-bond donors (Lipinski definition) is 0. The maximum atomic E-state index is 12.9. The second-order valence-corrected chi connectivity index (χ2v) is 3.56. The Kier molecular flexibility index (Phi) is 2.34. The van der Waals surface area contributed by atoms with E-state index in [1.54, 1.807) is 0 Å². The van der Waals surface area contributed by atoms with Crippen molar-refractivity contribution >= 4 is 16.8 Å². The molecule has 2 rings (SSSR count). The van der Waals surface area contributed by atoms with Gasteiger partial charge in [0.1, 0.15) is 22.7 Å². The molecule has 0 N–H and O–H groups in total. The Morgan fingerprint density at radius 1 is 1.38 bits per heavy atom. The first-order chi connectivity index (χ1) is 7.50. The first-order valence-corrected chi connectivity index (χ1v) is 4.74. The molecule has 3 nitrogen and oxygen atoms in total. The van der Waals surface area contributed by atoms with E-state index in [-0.39, 0.29) is 28.1 Å². The smallest absolute Gasteiger partial charge is 0.203 e. The van der Waals surface area contributed by atoms with E-state index in [0.29, 0.717) is 0 Å². The molecule has 2 aromatic rings. The molecule has 0 atom stereocenters. The SMILES string of the molecule is CC(=O)c1c(C)oc2cc(F)ccc2c1=O. The summed E-state index contributed by atoms with van der Waals surface area (Å²) in [6, 6.07) is 3.62. The lowest BCUT2D eigenvalue weighted by Crippen LogP contribution is -2.15. The monoisotopic (exact) mass is 220 g/mol. The summed E-state index contributed by atoms with van der Waals surface area (Å²) in [5.41, 5.74) is -0.224. The van der Waals surface area contributed by atoms with Crippen molar-refractivity contribution in [1.82, 2.24) is 0 Å². The van der Waals surface area contributed by atoms with Crippen molar-refractivity contribution in [2.75, 3.05) is 0 Å². The van der Waals surface area contributed by atoms with E-state index in [1.165, 1.54) is 26.0 Å². The predicted octanol–water partition coefficient (Wildman–Crippen LogP) is 2.44. The van der Waals surface area contributed by atoms with Crippen LogP contribution in [-0.2, 0) is 0 Å². The van der Waals surface area contributed by atoms with Crippen molar-refractivity contribution in [3.8, 4) is 0 Å². The first-order valence-electron chi connectivity index (χ1n) is 4.74. The average Bonchev–Trinajstić information content (AvgIpc) is 2.15. The van der Waals surface area contributed by atoms with Crippen LogP contribution in [0.4, 0.5) is 4.39 Å². The van der Waals surface area contributed by atoms with Crippen molar-refractivity contribution in [1.29, 1.82) is 0 Å². The van der Waals surface area contributed by atoms with Crippen LogP contribution in [0, 0.1) is 12.7 Å². The Bertz CT molecular complexity index is 640. The molecule has 0 fully saturated rings. The third-order valence-corrected chi connectivity index (χ3v) is 2.38. The Labute approximate surface area is 90.5 Å². The van der Waals surface area contributed by atoms with Crippen molar-refractivity contribution in [2.24, 2.45) is 0 Å². The topological polar surface area (TPSA) is 47.3 Å². The zero-order valence-electron chi connectivity index (χ0n) is 8.83. The Morgan fingerprint density at radius 3 is 2.69 bits per heavy atom. The minimum atomic E-state index is -0.481. The standard InChI is InChI=1S/C12H9FO3/c1-6(14)11-7(2)16-10-5-8(13)3-4-9(10)12(11)15/h3-5H,1-2H3. The first kappa shape index (κ1) is 10.5. The number of hydrogen-bond acceptors (Lipinski definition) is 3. The maximum absolute atomic E-state index is 12.9. The van der Waals surface area contributed by atoms with Gasteiger partial charge in [-0.3, -0.25) is 9.59 Å². The molecule has 0 aliphatic rings. The van der Waals surface area contributed by atoms with Crippen LogP contribution in [0.1, 0.15) is 23.0 Å². The van der Waals surface area contributed by atoms with Crippen molar-refractivity contribution < 1.29 is 13.6 Å². The molecule has 1 aromatic carbocycles. The molecule has 1 aromatic heterocycles. The van der Waals surface area contributed by atoms with Crippen LogP contribution in [0.5, 0.6) is 0 Å². The second-order valence-electron chi connectivity index (χ2n) is 3.56. The number of halogens is 1. The zero-order valence-corrected chi connectivity index (χ0v) is 8.83. The number of ketones is 1. The second kappa shape index (κ2) is 3.56. The number of benzene rings is 1. The summed E-state index contributed by atoms with van der Waals surface area (Å²) in [6.07, 6.45) is 0. The third kappa shape index (κ3) is 1.52. The van der Waals surface area contributed by atoms with E-state index in [4.69, 9.17) is 4.42 Å².